The number of aryl methyl sites for hydroxylation is 1. The Labute approximate surface area is 165 Å². The number of anilines is 1. The van der Waals surface area contributed by atoms with Gasteiger partial charge in [0, 0.05) is 18.3 Å². The van der Waals surface area contributed by atoms with Crippen molar-refractivity contribution >= 4 is 18.1 Å². The molecular formula is C21H27FN4O2. The molecule has 1 saturated carbocycles. The van der Waals surface area contributed by atoms with Gasteiger partial charge in [-0.3, -0.25) is 14.5 Å². The van der Waals surface area contributed by atoms with E-state index in [1.807, 2.05) is 6.92 Å². The highest BCUT2D eigenvalue weighted by Crippen LogP contribution is 2.26. The van der Waals surface area contributed by atoms with Crippen molar-refractivity contribution in [1.29, 1.82) is 0 Å². The molecule has 0 aliphatic heterocycles. The number of hydrogen-bond acceptors (Lipinski definition) is 4. The maximum absolute atomic E-state index is 12.3. The van der Waals surface area contributed by atoms with Gasteiger partial charge in [0.05, 0.1) is 0 Å². The third-order valence-corrected chi connectivity index (χ3v) is 4.79. The maximum Gasteiger partial charge on any atom is 0.248 e. The molecule has 0 radical (unpaired) electrons. The predicted molar refractivity (Wildman–Crippen MR) is 106 cm³/mol. The van der Waals surface area contributed by atoms with E-state index < -0.39 is 11.7 Å². The Balaban J connectivity index is 0.000000237. The standard InChI is InChI=1S/C14H21N3O.C7H6FNO/c1-12-15-9-7-14(16-12)17(11-18)10-8-13-5-3-2-4-6-13;8-6-3-1-2-5(4-6)7(9)10/h7,9,11,13H,2-6,8,10H2,1H3;1-4H,(H2,9,10). The van der Waals surface area contributed by atoms with Crippen LogP contribution in [0.2, 0.25) is 0 Å². The lowest BCUT2D eigenvalue weighted by molar-refractivity contribution is -0.107. The monoisotopic (exact) mass is 386 g/mol. The molecule has 2 amide bonds. The SMILES string of the molecule is Cc1nccc(N(C=O)CCC2CCCCC2)n1.NC(=O)c1cccc(F)c1. The number of carbonyl (C=O) groups is 2. The first kappa shape index (κ1) is 21.5. The number of nitrogens with two attached hydrogens (primary N) is 1. The van der Waals surface area contributed by atoms with E-state index in [4.69, 9.17) is 5.73 Å². The van der Waals surface area contributed by atoms with Gasteiger partial charge in [-0.2, -0.15) is 0 Å². The van der Waals surface area contributed by atoms with E-state index in [0.29, 0.717) is 11.6 Å². The second kappa shape index (κ2) is 11.1. The molecule has 3 rings (SSSR count). The lowest BCUT2D eigenvalue weighted by Crippen LogP contribution is -2.26. The number of carbonyl (C=O) groups excluding carboxylic acids is 2. The molecule has 0 unspecified atom stereocenters. The summed E-state index contributed by atoms with van der Waals surface area (Å²) in [6.45, 7) is 2.61. The molecule has 2 N–H and O–H groups in total. The smallest absolute Gasteiger partial charge is 0.248 e. The Morgan fingerprint density at radius 1 is 1.29 bits per heavy atom. The fourth-order valence-corrected chi connectivity index (χ4v) is 3.26. The number of rotatable bonds is 6. The van der Waals surface area contributed by atoms with E-state index in [0.717, 1.165) is 31.4 Å². The van der Waals surface area contributed by atoms with Crippen molar-refractivity contribution in [2.45, 2.75) is 45.4 Å². The van der Waals surface area contributed by atoms with Crippen LogP contribution in [0.3, 0.4) is 0 Å². The molecule has 6 nitrogen and oxygen atoms in total. The highest BCUT2D eigenvalue weighted by molar-refractivity contribution is 5.92. The highest BCUT2D eigenvalue weighted by atomic mass is 19.1. The molecular weight excluding hydrogens is 359 g/mol. The molecule has 150 valence electrons. The lowest BCUT2D eigenvalue weighted by atomic mass is 9.87. The molecule has 2 aromatic rings. The Morgan fingerprint density at radius 2 is 2.04 bits per heavy atom. The fraction of sp³-hybridized carbons (Fsp3) is 0.429. The van der Waals surface area contributed by atoms with Crippen LogP contribution < -0.4 is 10.6 Å². The molecule has 1 aliphatic carbocycles. The van der Waals surface area contributed by atoms with Crippen LogP contribution in [0.25, 0.3) is 0 Å². The van der Waals surface area contributed by atoms with Crippen LogP contribution in [0.4, 0.5) is 10.2 Å². The first-order valence-electron chi connectivity index (χ1n) is 9.56. The van der Waals surface area contributed by atoms with Gasteiger partial charge in [0.15, 0.2) is 0 Å². The quantitative estimate of drug-likeness (QED) is 0.768. The van der Waals surface area contributed by atoms with E-state index in [-0.39, 0.29) is 5.56 Å². The zero-order chi connectivity index (χ0) is 20.4. The zero-order valence-electron chi connectivity index (χ0n) is 16.2. The van der Waals surface area contributed by atoms with E-state index >= 15 is 0 Å². The Morgan fingerprint density at radius 3 is 2.61 bits per heavy atom. The number of halogens is 1. The van der Waals surface area contributed by atoms with Gasteiger partial charge in [0.2, 0.25) is 12.3 Å². The summed E-state index contributed by atoms with van der Waals surface area (Å²) in [5.41, 5.74) is 5.07. The molecule has 1 aromatic carbocycles. The number of primary amides is 1. The highest BCUT2D eigenvalue weighted by Gasteiger charge is 2.15. The third kappa shape index (κ3) is 7.06. The first-order valence-corrected chi connectivity index (χ1v) is 9.56. The summed E-state index contributed by atoms with van der Waals surface area (Å²) in [6, 6.07) is 7.05. The number of nitrogens with zero attached hydrogens (tertiary/aromatic N) is 3. The largest absolute Gasteiger partial charge is 0.366 e. The van der Waals surface area contributed by atoms with Crippen molar-refractivity contribution in [2.75, 3.05) is 11.4 Å². The van der Waals surface area contributed by atoms with Crippen LogP contribution in [0, 0.1) is 18.7 Å². The first-order chi connectivity index (χ1) is 13.5. The molecule has 0 atom stereocenters. The minimum atomic E-state index is -0.612. The Hall–Kier alpha value is -2.83. The average Bonchev–Trinajstić information content (AvgIpc) is 2.70. The van der Waals surface area contributed by atoms with E-state index in [1.165, 1.54) is 50.3 Å². The molecule has 7 heteroatoms. The van der Waals surface area contributed by atoms with Gasteiger partial charge in [0.1, 0.15) is 17.5 Å². The van der Waals surface area contributed by atoms with Crippen LogP contribution in [-0.2, 0) is 4.79 Å². The van der Waals surface area contributed by atoms with Crippen molar-refractivity contribution in [2.24, 2.45) is 11.7 Å². The Kier molecular flexibility index (Phi) is 8.52. The summed E-state index contributed by atoms with van der Waals surface area (Å²) in [7, 11) is 0. The lowest BCUT2D eigenvalue weighted by Gasteiger charge is -2.24. The molecule has 1 fully saturated rings. The van der Waals surface area contributed by atoms with Crippen LogP contribution in [-0.4, -0.2) is 28.8 Å². The third-order valence-electron chi connectivity index (χ3n) is 4.79. The van der Waals surface area contributed by atoms with Crippen molar-refractivity contribution < 1.29 is 14.0 Å². The number of benzene rings is 1. The fourth-order valence-electron chi connectivity index (χ4n) is 3.26. The van der Waals surface area contributed by atoms with E-state index in [2.05, 4.69) is 9.97 Å². The van der Waals surface area contributed by atoms with Crippen molar-refractivity contribution in [3.05, 3.63) is 53.7 Å². The second-order valence-electron chi connectivity index (χ2n) is 6.93. The average molecular weight is 386 g/mol. The van der Waals surface area contributed by atoms with Crippen LogP contribution in [0.1, 0.15) is 54.7 Å². The minimum Gasteiger partial charge on any atom is -0.366 e. The summed E-state index contributed by atoms with van der Waals surface area (Å²) in [5, 5.41) is 0. The number of amides is 2. The van der Waals surface area contributed by atoms with Gasteiger partial charge in [-0.1, -0.05) is 38.2 Å². The molecule has 0 bridgehead atoms. The van der Waals surface area contributed by atoms with Gasteiger partial charge in [0.25, 0.3) is 0 Å². The summed E-state index contributed by atoms with van der Waals surface area (Å²) in [4.78, 5) is 31.6. The summed E-state index contributed by atoms with van der Waals surface area (Å²) in [6.07, 6.45) is 10.4. The van der Waals surface area contributed by atoms with Gasteiger partial charge in [-0.05, 0) is 43.5 Å². The molecule has 28 heavy (non-hydrogen) atoms. The summed E-state index contributed by atoms with van der Waals surface area (Å²) < 4.78 is 12.3. The molecule has 0 spiro atoms. The number of aromatic nitrogens is 2. The van der Waals surface area contributed by atoms with Crippen LogP contribution in [0.5, 0.6) is 0 Å². The summed E-state index contributed by atoms with van der Waals surface area (Å²) in [5.74, 6) is 1.14. The number of hydrogen-bond donors (Lipinski definition) is 1. The maximum atomic E-state index is 12.3. The summed E-state index contributed by atoms with van der Waals surface area (Å²) >= 11 is 0. The van der Waals surface area contributed by atoms with Crippen LogP contribution >= 0.6 is 0 Å². The van der Waals surface area contributed by atoms with Crippen LogP contribution in [0.15, 0.2) is 36.5 Å². The zero-order valence-corrected chi connectivity index (χ0v) is 16.2. The minimum absolute atomic E-state index is 0.194. The van der Waals surface area contributed by atoms with Crippen molar-refractivity contribution in [1.82, 2.24) is 9.97 Å². The van der Waals surface area contributed by atoms with Gasteiger partial charge in [-0.15, -0.1) is 0 Å². The van der Waals surface area contributed by atoms with Crippen molar-refractivity contribution in [3.8, 4) is 0 Å². The van der Waals surface area contributed by atoms with Gasteiger partial charge >= 0.3 is 0 Å². The molecule has 1 aromatic heterocycles. The molecule has 1 aliphatic rings. The molecule has 0 saturated heterocycles. The van der Waals surface area contributed by atoms with E-state index in [9.17, 15) is 14.0 Å². The Bertz CT molecular complexity index is 779. The van der Waals surface area contributed by atoms with Gasteiger partial charge in [-0.25, -0.2) is 14.4 Å². The topological polar surface area (TPSA) is 89.2 Å². The van der Waals surface area contributed by atoms with E-state index in [1.54, 1.807) is 17.2 Å². The second-order valence-corrected chi connectivity index (χ2v) is 6.93. The predicted octanol–water partition coefficient (Wildman–Crippen LogP) is 3.64. The van der Waals surface area contributed by atoms with Gasteiger partial charge < -0.3 is 5.73 Å². The van der Waals surface area contributed by atoms with Crippen molar-refractivity contribution in [3.63, 3.8) is 0 Å². The normalized spacial score (nSPS) is 13.9. The molecule has 1 heterocycles.